The molecule has 0 saturated carbocycles. The van der Waals surface area contributed by atoms with E-state index in [4.69, 9.17) is 0 Å². The van der Waals surface area contributed by atoms with Gasteiger partial charge < -0.3 is 5.32 Å². The van der Waals surface area contributed by atoms with Gasteiger partial charge >= 0.3 is 0 Å². The van der Waals surface area contributed by atoms with Crippen molar-refractivity contribution in [3.8, 4) is 0 Å². The van der Waals surface area contributed by atoms with Crippen LogP contribution in [0.3, 0.4) is 0 Å². The smallest absolute Gasteiger partial charge is 0.252 e. The lowest BCUT2D eigenvalue weighted by Crippen LogP contribution is -2.23. The second-order valence-electron chi connectivity index (χ2n) is 4.91. The third kappa shape index (κ3) is 2.87. The summed E-state index contributed by atoms with van der Waals surface area (Å²) in [5.41, 5.74) is 0.680. The highest BCUT2D eigenvalue weighted by Crippen LogP contribution is 2.25. The number of rotatable bonds is 4. The molecule has 1 aliphatic rings. The number of fused-ring (bicyclic) bond motifs is 1. The Morgan fingerprint density at radius 2 is 2.14 bits per heavy atom. The first kappa shape index (κ1) is 14.7. The third-order valence-electron chi connectivity index (χ3n) is 3.33. The predicted molar refractivity (Wildman–Crippen MR) is 84.5 cm³/mol. The number of nitrogens with one attached hydrogen (secondary N) is 2. The number of aryl methyl sites for hydroxylation is 1. The molecule has 0 radical (unpaired) electrons. The number of amides is 2. The number of benzene rings is 1. The van der Waals surface area contributed by atoms with Crippen LogP contribution in [0, 0.1) is 0 Å². The van der Waals surface area contributed by atoms with Gasteiger partial charge in [-0.1, -0.05) is 22.9 Å². The van der Waals surface area contributed by atoms with Crippen molar-refractivity contribution in [1.29, 1.82) is 0 Å². The van der Waals surface area contributed by atoms with Crippen molar-refractivity contribution in [3.05, 3.63) is 34.6 Å². The van der Waals surface area contributed by atoms with Crippen LogP contribution in [0.4, 0.5) is 11.6 Å². The van der Waals surface area contributed by atoms with E-state index in [1.807, 2.05) is 19.1 Å². The summed E-state index contributed by atoms with van der Waals surface area (Å²) < 4.78 is 2.42. The minimum Gasteiger partial charge on any atom is -0.326 e. The van der Waals surface area contributed by atoms with Crippen molar-refractivity contribution in [2.75, 3.05) is 10.6 Å². The molecule has 8 heteroatoms. The van der Waals surface area contributed by atoms with Crippen molar-refractivity contribution >= 4 is 39.4 Å². The third-order valence-corrected chi connectivity index (χ3v) is 3.86. The van der Waals surface area contributed by atoms with E-state index in [2.05, 4.69) is 36.6 Å². The highest BCUT2D eigenvalue weighted by molar-refractivity contribution is 9.10. The zero-order valence-corrected chi connectivity index (χ0v) is 13.4. The van der Waals surface area contributed by atoms with E-state index >= 15 is 0 Å². The van der Waals surface area contributed by atoms with Gasteiger partial charge in [0.2, 0.25) is 11.9 Å². The fraction of sp³-hybridized carbons (Fsp3) is 0.286. The molecule has 1 aromatic carbocycles. The maximum Gasteiger partial charge on any atom is 0.252 e. The summed E-state index contributed by atoms with van der Waals surface area (Å²) in [5, 5.41) is 9.66. The zero-order chi connectivity index (χ0) is 15.7. The number of hydrogen-bond acceptors (Lipinski definition) is 4. The van der Waals surface area contributed by atoms with E-state index < -0.39 is 6.04 Å². The number of nitrogens with zero attached hydrogens (tertiary/aromatic N) is 3. The molecule has 0 aliphatic carbocycles. The van der Waals surface area contributed by atoms with Crippen molar-refractivity contribution in [3.63, 3.8) is 0 Å². The monoisotopic (exact) mass is 363 g/mol. The molecular weight excluding hydrogens is 350 g/mol. The average Bonchev–Trinajstić information content (AvgIpc) is 3.00. The van der Waals surface area contributed by atoms with Gasteiger partial charge in [-0.25, -0.2) is 4.68 Å². The second kappa shape index (κ2) is 5.88. The second-order valence-corrected chi connectivity index (χ2v) is 5.83. The number of halogens is 1. The first-order valence-electron chi connectivity index (χ1n) is 6.88. The Hall–Kier alpha value is -2.22. The van der Waals surface area contributed by atoms with Gasteiger partial charge in [0.15, 0.2) is 5.82 Å². The quantitative estimate of drug-likeness (QED) is 0.870. The Bertz CT molecular complexity index is 725. The largest absolute Gasteiger partial charge is 0.326 e. The van der Waals surface area contributed by atoms with Crippen LogP contribution in [0.25, 0.3) is 0 Å². The lowest BCUT2D eigenvalue weighted by molar-refractivity contribution is -0.123. The van der Waals surface area contributed by atoms with Crippen molar-refractivity contribution in [1.82, 2.24) is 14.8 Å². The molecule has 2 N–H and O–H groups in total. The summed E-state index contributed by atoms with van der Waals surface area (Å²) in [6.07, 6.45) is 0.690. The molecule has 0 spiro atoms. The van der Waals surface area contributed by atoms with E-state index in [1.165, 1.54) is 4.68 Å². The van der Waals surface area contributed by atoms with Crippen molar-refractivity contribution < 1.29 is 9.59 Å². The summed E-state index contributed by atoms with van der Waals surface area (Å²) in [5.74, 6) is 0.545. The molecule has 0 bridgehead atoms. The van der Waals surface area contributed by atoms with Gasteiger partial charge in [-0.05, 0) is 24.3 Å². The molecule has 1 aliphatic heterocycles. The Kier molecular flexibility index (Phi) is 3.93. The zero-order valence-electron chi connectivity index (χ0n) is 11.8. The Balaban J connectivity index is 1.70. The minimum absolute atomic E-state index is 0.0153. The summed E-state index contributed by atoms with van der Waals surface area (Å²) in [4.78, 5) is 28.2. The van der Waals surface area contributed by atoms with Crippen LogP contribution in [-0.2, 0) is 16.0 Å². The van der Waals surface area contributed by atoms with Gasteiger partial charge in [0.05, 0.1) is 6.42 Å². The summed E-state index contributed by atoms with van der Waals surface area (Å²) in [6.45, 7) is 1.93. The molecule has 7 nitrogen and oxygen atoms in total. The maximum absolute atomic E-state index is 12.1. The van der Waals surface area contributed by atoms with Gasteiger partial charge in [-0.15, -0.1) is 0 Å². The fourth-order valence-corrected chi connectivity index (χ4v) is 2.49. The molecule has 114 valence electrons. The number of carbonyl (C=O) groups is 2. The van der Waals surface area contributed by atoms with E-state index in [1.54, 1.807) is 12.1 Å². The predicted octanol–water partition coefficient (Wildman–Crippen LogP) is 2.12. The van der Waals surface area contributed by atoms with Gasteiger partial charge in [0, 0.05) is 16.6 Å². The molecule has 1 atom stereocenters. The van der Waals surface area contributed by atoms with Crippen LogP contribution >= 0.6 is 15.9 Å². The standard InChI is InChI=1S/C14H14BrN5O2/c1-2-11-17-14-18-13(22)10(20(14)19-11)7-12(21)16-9-5-3-8(15)4-6-9/h3-6,10H,2,7H2,1H3,(H,16,21)(H,17,18,19,22)/t10-/m0/s1. The van der Waals surface area contributed by atoms with Crippen LogP contribution in [0.15, 0.2) is 28.7 Å². The van der Waals surface area contributed by atoms with E-state index in [0.29, 0.717) is 23.9 Å². The molecule has 0 unspecified atom stereocenters. The molecule has 22 heavy (non-hydrogen) atoms. The van der Waals surface area contributed by atoms with Crippen LogP contribution in [0.1, 0.15) is 25.2 Å². The van der Waals surface area contributed by atoms with E-state index in [9.17, 15) is 9.59 Å². The lowest BCUT2D eigenvalue weighted by Gasteiger charge is -2.09. The number of anilines is 2. The Morgan fingerprint density at radius 3 is 2.82 bits per heavy atom. The first-order valence-corrected chi connectivity index (χ1v) is 7.68. The first-order chi connectivity index (χ1) is 10.6. The van der Waals surface area contributed by atoms with Crippen molar-refractivity contribution in [2.45, 2.75) is 25.8 Å². The SMILES string of the molecule is CCc1nc2n(n1)[C@@H](CC(=O)Nc1ccc(Br)cc1)C(=O)N2. The van der Waals surface area contributed by atoms with Crippen LogP contribution in [-0.4, -0.2) is 26.6 Å². The lowest BCUT2D eigenvalue weighted by atomic mass is 10.2. The number of carbonyl (C=O) groups excluding carboxylic acids is 2. The van der Waals surface area contributed by atoms with Crippen LogP contribution in [0.5, 0.6) is 0 Å². The average molecular weight is 364 g/mol. The number of hydrogen-bond donors (Lipinski definition) is 2. The van der Waals surface area contributed by atoms with Crippen molar-refractivity contribution in [2.24, 2.45) is 0 Å². The van der Waals surface area contributed by atoms with Gasteiger partial charge in [-0.3, -0.25) is 14.9 Å². The van der Waals surface area contributed by atoms with Gasteiger partial charge in [-0.2, -0.15) is 10.1 Å². The molecule has 0 fully saturated rings. The summed E-state index contributed by atoms with van der Waals surface area (Å²) in [7, 11) is 0. The highest BCUT2D eigenvalue weighted by Gasteiger charge is 2.34. The molecule has 2 aromatic rings. The minimum atomic E-state index is -0.654. The van der Waals surface area contributed by atoms with Gasteiger partial charge in [0.1, 0.15) is 6.04 Å². The summed E-state index contributed by atoms with van der Waals surface area (Å²) in [6, 6.07) is 6.58. The Morgan fingerprint density at radius 1 is 1.41 bits per heavy atom. The van der Waals surface area contributed by atoms with Crippen LogP contribution in [0.2, 0.25) is 0 Å². The summed E-state index contributed by atoms with van der Waals surface area (Å²) >= 11 is 3.33. The molecule has 0 saturated heterocycles. The van der Waals surface area contributed by atoms with Crippen LogP contribution < -0.4 is 10.6 Å². The van der Waals surface area contributed by atoms with E-state index in [-0.39, 0.29) is 18.2 Å². The molecular formula is C14H14BrN5O2. The van der Waals surface area contributed by atoms with Gasteiger partial charge in [0.25, 0.3) is 5.91 Å². The normalized spacial score (nSPS) is 16.3. The molecule has 2 amide bonds. The molecule has 2 heterocycles. The maximum atomic E-state index is 12.1. The Labute approximate surface area is 135 Å². The highest BCUT2D eigenvalue weighted by atomic mass is 79.9. The molecule has 3 rings (SSSR count). The number of aromatic nitrogens is 3. The van der Waals surface area contributed by atoms with E-state index in [0.717, 1.165) is 4.47 Å². The fourth-order valence-electron chi connectivity index (χ4n) is 2.22. The molecule has 1 aromatic heterocycles. The topological polar surface area (TPSA) is 88.9 Å².